The Kier molecular flexibility index (Phi) is 6.07. The van der Waals surface area contributed by atoms with Gasteiger partial charge in [0.2, 0.25) is 5.91 Å². The molecule has 150 valence electrons. The van der Waals surface area contributed by atoms with E-state index in [1.165, 1.54) is 9.80 Å². The third-order valence-electron chi connectivity index (χ3n) is 4.73. The Morgan fingerprint density at radius 2 is 1.62 bits per heavy atom. The van der Waals surface area contributed by atoms with Crippen LogP contribution in [0.4, 0.5) is 0 Å². The Hall–Kier alpha value is -3.48. The molecule has 0 saturated heterocycles. The number of hydrogen-bond acceptors (Lipinski definition) is 4. The maximum Gasteiger partial charge on any atom is 0.261 e. The molecule has 0 unspecified atom stereocenters. The number of imide groups is 1. The minimum Gasteiger partial charge on any atom is -0.352 e. The smallest absolute Gasteiger partial charge is 0.261 e. The molecular formula is C22H23N3O4. The zero-order valence-electron chi connectivity index (χ0n) is 16.5. The first-order valence-electron chi connectivity index (χ1n) is 9.41. The summed E-state index contributed by atoms with van der Waals surface area (Å²) in [4.78, 5) is 51.4. The first-order chi connectivity index (χ1) is 13.9. The fourth-order valence-corrected chi connectivity index (χ4v) is 3.20. The fraction of sp³-hybridized carbons (Fsp3) is 0.273. The molecule has 0 atom stereocenters. The van der Waals surface area contributed by atoms with Gasteiger partial charge in [-0.15, -0.1) is 0 Å². The normalized spacial score (nSPS) is 12.7. The molecule has 1 aliphatic heterocycles. The molecule has 2 aromatic carbocycles. The highest BCUT2D eigenvalue weighted by molar-refractivity contribution is 6.21. The second-order valence-electron chi connectivity index (χ2n) is 7.09. The monoisotopic (exact) mass is 393 g/mol. The highest BCUT2D eigenvalue weighted by Crippen LogP contribution is 2.22. The van der Waals surface area contributed by atoms with E-state index in [-0.39, 0.29) is 36.6 Å². The van der Waals surface area contributed by atoms with Crippen molar-refractivity contribution in [3.8, 4) is 0 Å². The topological polar surface area (TPSA) is 86.8 Å². The predicted octanol–water partition coefficient (Wildman–Crippen LogP) is 2.08. The number of fused-ring (bicyclic) bond motifs is 1. The Morgan fingerprint density at radius 1 is 0.966 bits per heavy atom. The Morgan fingerprint density at radius 3 is 2.24 bits per heavy atom. The molecule has 0 fully saturated rings. The number of nitrogens with zero attached hydrogens (tertiary/aromatic N) is 2. The molecule has 29 heavy (non-hydrogen) atoms. The van der Waals surface area contributed by atoms with Gasteiger partial charge >= 0.3 is 0 Å². The van der Waals surface area contributed by atoms with Crippen molar-refractivity contribution in [2.24, 2.45) is 0 Å². The van der Waals surface area contributed by atoms with E-state index in [4.69, 9.17) is 0 Å². The van der Waals surface area contributed by atoms with Crippen molar-refractivity contribution in [1.82, 2.24) is 15.1 Å². The van der Waals surface area contributed by atoms with E-state index in [0.29, 0.717) is 29.7 Å². The van der Waals surface area contributed by atoms with Crippen LogP contribution >= 0.6 is 0 Å². The summed E-state index contributed by atoms with van der Waals surface area (Å²) in [6, 6.07) is 13.8. The molecule has 0 aliphatic carbocycles. The van der Waals surface area contributed by atoms with Crippen LogP contribution in [0.2, 0.25) is 0 Å². The van der Waals surface area contributed by atoms with E-state index >= 15 is 0 Å². The zero-order valence-corrected chi connectivity index (χ0v) is 16.5. The highest BCUT2D eigenvalue weighted by atomic mass is 16.2. The SMILES string of the molecule is CN(C)C(=O)c1cccc(CNC(=O)CCCN2C(=O)c3ccccc3C2=O)c1. The van der Waals surface area contributed by atoms with E-state index < -0.39 is 0 Å². The van der Waals surface area contributed by atoms with Gasteiger partial charge in [-0.1, -0.05) is 24.3 Å². The van der Waals surface area contributed by atoms with Gasteiger partial charge in [0, 0.05) is 39.2 Å². The van der Waals surface area contributed by atoms with Gasteiger partial charge in [-0.25, -0.2) is 0 Å². The highest BCUT2D eigenvalue weighted by Gasteiger charge is 2.34. The van der Waals surface area contributed by atoms with Gasteiger partial charge in [-0.2, -0.15) is 0 Å². The number of rotatable bonds is 7. The van der Waals surface area contributed by atoms with Gasteiger partial charge in [0.15, 0.2) is 0 Å². The summed E-state index contributed by atoms with van der Waals surface area (Å²) in [6.07, 6.45) is 0.584. The molecule has 7 nitrogen and oxygen atoms in total. The lowest BCUT2D eigenvalue weighted by Crippen LogP contribution is -2.32. The summed E-state index contributed by atoms with van der Waals surface area (Å²) < 4.78 is 0. The van der Waals surface area contributed by atoms with Crippen LogP contribution < -0.4 is 5.32 Å². The molecule has 1 heterocycles. The van der Waals surface area contributed by atoms with Gasteiger partial charge in [-0.05, 0) is 36.2 Å². The number of carbonyl (C=O) groups is 4. The van der Waals surface area contributed by atoms with Crippen molar-refractivity contribution in [2.45, 2.75) is 19.4 Å². The van der Waals surface area contributed by atoms with Crippen molar-refractivity contribution in [3.63, 3.8) is 0 Å². The van der Waals surface area contributed by atoms with Crippen molar-refractivity contribution < 1.29 is 19.2 Å². The Bertz CT molecular complexity index is 933. The van der Waals surface area contributed by atoms with E-state index in [9.17, 15) is 19.2 Å². The molecule has 0 radical (unpaired) electrons. The van der Waals surface area contributed by atoms with Crippen molar-refractivity contribution in [1.29, 1.82) is 0 Å². The lowest BCUT2D eigenvalue weighted by atomic mass is 10.1. The van der Waals surface area contributed by atoms with Crippen molar-refractivity contribution in [3.05, 3.63) is 70.8 Å². The zero-order chi connectivity index (χ0) is 21.0. The first kappa shape index (κ1) is 20.3. The quantitative estimate of drug-likeness (QED) is 0.730. The van der Waals surface area contributed by atoms with Crippen LogP contribution in [0.1, 0.15) is 49.5 Å². The first-order valence-corrected chi connectivity index (χ1v) is 9.41. The molecule has 1 aliphatic rings. The van der Waals surface area contributed by atoms with Gasteiger partial charge in [-0.3, -0.25) is 24.1 Å². The molecule has 4 amide bonds. The van der Waals surface area contributed by atoms with Crippen LogP contribution in [-0.2, 0) is 11.3 Å². The van der Waals surface area contributed by atoms with Crippen LogP contribution in [0.25, 0.3) is 0 Å². The van der Waals surface area contributed by atoms with E-state index in [1.54, 1.807) is 56.6 Å². The van der Waals surface area contributed by atoms with E-state index in [1.807, 2.05) is 6.07 Å². The summed E-state index contributed by atoms with van der Waals surface area (Å²) in [5.74, 6) is -0.896. The summed E-state index contributed by atoms with van der Waals surface area (Å²) in [5, 5.41) is 2.81. The molecule has 0 saturated carbocycles. The van der Waals surface area contributed by atoms with Crippen molar-refractivity contribution in [2.75, 3.05) is 20.6 Å². The number of amides is 4. The predicted molar refractivity (Wildman–Crippen MR) is 107 cm³/mol. The maximum atomic E-state index is 12.3. The minimum absolute atomic E-state index is 0.0980. The van der Waals surface area contributed by atoms with Gasteiger partial charge in [0.05, 0.1) is 11.1 Å². The average Bonchev–Trinajstić information content (AvgIpc) is 2.97. The summed E-state index contributed by atoms with van der Waals surface area (Å²) in [7, 11) is 3.37. The number of hydrogen-bond donors (Lipinski definition) is 1. The third-order valence-corrected chi connectivity index (χ3v) is 4.73. The molecule has 7 heteroatoms. The number of carbonyl (C=O) groups excluding carboxylic acids is 4. The standard InChI is InChI=1S/C22H23N3O4/c1-24(2)20(27)16-8-5-7-15(13-16)14-23-19(26)11-6-12-25-21(28)17-9-3-4-10-18(17)22(25)29/h3-5,7-10,13H,6,11-12,14H2,1-2H3,(H,23,26). The fourth-order valence-electron chi connectivity index (χ4n) is 3.20. The third kappa shape index (κ3) is 4.51. The van der Waals surface area contributed by atoms with Crippen LogP contribution in [-0.4, -0.2) is 54.1 Å². The average molecular weight is 393 g/mol. The molecule has 1 N–H and O–H groups in total. The van der Waals surface area contributed by atoms with Crippen LogP contribution in [0.5, 0.6) is 0 Å². The lowest BCUT2D eigenvalue weighted by molar-refractivity contribution is -0.121. The summed E-state index contributed by atoms with van der Waals surface area (Å²) >= 11 is 0. The number of nitrogens with one attached hydrogen (secondary N) is 1. The molecule has 0 aromatic heterocycles. The van der Waals surface area contributed by atoms with Gasteiger partial charge in [0.25, 0.3) is 17.7 Å². The van der Waals surface area contributed by atoms with Crippen LogP contribution in [0.15, 0.2) is 48.5 Å². The second kappa shape index (κ2) is 8.68. The molecule has 3 rings (SSSR count). The molecule has 2 aromatic rings. The number of benzene rings is 2. The van der Waals surface area contributed by atoms with E-state index in [2.05, 4.69) is 5.32 Å². The minimum atomic E-state index is -0.312. The van der Waals surface area contributed by atoms with E-state index in [0.717, 1.165) is 5.56 Å². The summed E-state index contributed by atoms with van der Waals surface area (Å²) in [5.41, 5.74) is 2.21. The molecular weight excluding hydrogens is 370 g/mol. The van der Waals surface area contributed by atoms with Gasteiger partial charge < -0.3 is 10.2 Å². The molecule has 0 spiro atoms. The van der Waals surface area contributed by atoms with Crippen molar-refractivity contribution >= 4 is 23.6 Å². The Labute approximate surface area is 169 Å². The summed E-state index contributed by atoms with van der Waals surface area (Å²) in [6.45, 7) is 0.507. The maximum absolute atomic E-state index is 12.3. The van der Waals surface area contributed by atoms with Crippen LogP contribution in [0, 0.1) is 0 Å². The van der Waals surface area contributed by atoms with Gasteiger partial charge in [0.1, 0.15) is 0 Å². The van der Waals surface area contributed by atoms with Crippen LogP contribution in [0.3, 0.4) is 0 Å². The molecule has 0 bridgehead atoms. The largest absolute Gasteiger partial charge is 0.352 e. The lowest BCUT2D eigenvalue weighted by Gasteiger charge is -2.14. The second-order valence-corrected chi connectivity index (χ2v) is 7.09. The Balaban J connectivity index is 1.47.